The molecule has 30 heavy (non-hydrogen) atoms. The van der Waals surface area contributed by atoms with Crippen LogP contribution < -0.4 is 9.47 Å². The molecule has 2 aromatic rings. The first-order valence-corrected chi connectivity index (χ1v) is 10.7. The summed E-state index contributed by atoms with van der Waals surface area (Å²) in [6.45, 7) is 6.70. The van der Waals surface area contributed by atoms with E-state index in [1.54, 1.807) is 19.2 Å². The van der Waals surface area contributed by atoms with Crippen LogP contribution in [-0.2, 0) is 11.3 Å². The molecule has 2 aliphatic rings. The fraction of sp³-hybridized carbons (Fsp3) is 0.520. The van der Waals surface area contributed by atoms with E-state index in [2.05, 4.69) is 32.9 Å². The second kappa shape index (κ2) is 8.20. The maximum atomic E-state index is 13.1. The molecule has 1 aliphatic heterocycles. The molecule has 162 valence electrons. The first-order chi connectivity index (χ1) is 14.3. The van der Waals surface area contributed by atoms with Crippen LogP contribution in [0.15, 0.2) is 42.5 Å². The smallest absolute Gasteiger partial charge is 0.125 e. The summed E-state index contributed by atoms with van der Waals surface area (Å²) < 4.78 is 31.2. The first kappa shape index (κ1) is 21.1. The molecule has 2 unspecified atom stereocenters. The average molecular weight is 415 g/mol. The van der Waals surface area contributed by atoms with Crippen molar-refractivity contribution in [2.45, 2.75) is 58.0 Å². The lowest BCUT2D eigenvalue weighted by Gasteiger charge is -2.53. The third-order valence-corrected chi connectivity index (χ3v) is 7.01. The number of aliphatic hydroxyl groups is 1. The maximum absolute atomic E-state index is 13.1. The minimum absolute atomic E-state index is 0.0864. The lowest BCUT2D eigenvalue weighted by Crippen LogP contribution is -2.52. The van der Waals surface area contributed by atoms with Gasteiger partial charge < -0.3 is 19.3 Å². The number of halogens is 1. The summed E-state index contributed by atoms with van der Waals surface area (Å²) in [5, 5.41) is 10.6. The summed E-state index contributed by atoms with van der Waals surface area (Å²) in [6, 6.07) is 12.1. The Hall–Kier alpha value is -2.11. The molecule has 5 heteroatoms. The van der Waals surface area contributed by atoms with Gasteiger partial charge in [0, 0.05) is 5.56 Å². The van der Waals surface area contributed by atoms with Crippen molar-refractivity contribution in [3.05, 3.63) is 59.4 Å². The molecule has 0 amide bonds. The van der Waals surface area contributed by atoms with Crippen molar-refractivity contribution in [2.75, 3.05) is 7.11 Å². The van der Waals surface area contributed by atoms with Gasteiger partial charge in [-0.3, -0.25) is 0 Å². The summed E-state index contributed by atoms with van der Waals surface area (Å²) in [5.74, 6) is 1.87. The minimum Gasteiger partial charge on any atom is -0.496 e. The highest BCUT2D eigenvalue weighted by Crippen LogP contribution is 2.53. The van der Waals surface area contributed by atoms with Gasteiger partial charge >= 0.3 is 0 Å². The highest BCUT2D eigenvalue weighted by atomic mass is 19.1. The number of ether oxygens (including phenoxy) is 3. The molecule has 1 N–H and O–H groups in total. The monoisotopic (exact) mass is 414 g/mol. The van der Waals surface area contributed by atoms with Crippen molar-refractivity contribution in [3.8, 4) is 11.5 Å². The van der Waals surface area contributed by atoms with Crippen LogP contribution in [0.4, 0.5) is 4.39 Å². The number of fused-ring (bicyclic) bond motifs is 2. The molecule has 2 fully saturated rings. The highest BCUT2D eigenvalue weighted by molar-refractivity contribution is 5.39. The average Bonchev–Trinajstić information content (AvgIpc) is 2.73. The van der Waals surface area contributed by atoms with Gasteiger partial charge in [-0.2, -0.15) is 0 Å². The second-order valence-electron chi connectivity index (χ2n) is 9.21. The molecular weight excluding hydrogens is 383 g/mol. The zero-order valence-electron chi connectivity index (χ0n) is 18.1. The summed E-state index contributed by atoms with van der Waals surface area (Å²) in [6.07, 6.45) is 1.48. The molecule has 2 aromatic carbocycles. The van der Waals surface area contributed by atoms with Crippen LogP contribution in [0.3, 0.4) is 0 Å². The Bertz CT molecular complexity index is 879. The molecule has 4 nitrogen and oxygen atoms in total. The van der Waals surface area contributed by atoms with Gasteiger partial charge in [0.15, 0.2) is 0 Å². The fourth-order valence-electron chi connectivity index (χ4n) is 5.00. The molecule has 1 saturated heterocycles. The van der Waals surface area contributed by atoms with Crippen molar-refractivity contribution >= 4 is 0 Å². The van der Waals surface area contributed by atoms with E-state index in [1.807, 2.05) is 6.07 Å². The topological polar surface area (TPSA) is 47.9 Å². The van der Waals surface area contributed by atoms with Gasteiger partial charge in [-0.05, 0) is 86.4 Å². The zero-order valence-corrected chi connectivity index (χ0v) is 18.1. The van der Waals surface area contributed by atoms with E-state index in [0.717, 1.165) is 29.7 Å². The molecule has 0 aromatic heterocycles. The van der Waals surface area contributed by atoms with E-state index in [4.69, 9.17) is 14.2 Å². The van der Waals surface area contributed by atoms with E-state index < -0.39 is 0 Å². The molecule has 0 spiro atoms. The first-order valence-electron chi connectivity index (χ1n) is 10.7. The summed E-state index contributed by atoms with van der Waals surface area (Å²) in [4.78, 5) is 0. The van der Waals surface area contributed by atoms with Gasteiger partial charge in [-0.25, -0.2) is 4.39 Å². The van der Waals surface area contributed by atoms with Gasteiger partial charge in [0.1, 0.15) is 23.9 Å². The SMILES string of the molecule is COc1ccc([C@@H]2OC(C)(C)C3CC2[C@H](C)[C@@H](O)C3)cc1COc1ccc(F)cc1. The maximum Gasteiger partial charge on any atom is 0.125 e. The van der Waals surface area contributed by atoms with Crippen molar-refractivity contribution in [3.63, 3.8) is 0 Å². The van der Waals surface area contributed by atoms with Crippen molar-refractivity contribution in [1.82, 2.24) is 0 Å². The number of methoxy groups -OCH3 is 1. The van der Waals surface area contributed by atoms with Crippen LogP contribution in [0.1, 0.15) is 50.8 Å². The second-order valence-corrected chi connectivity index (χ2v) is 9.21. The predicted molar refractivity (Wildman–Crippen MR) is 113 cm³/mol. The van der Waals surface area contributed by atoms with Crippen LogP contribution >= 0.6 is 0 Å². The molecular formula is C25H31FO4. The number of benzene rings is 2. The predicted octanol–water partition coefficient (Wildman–Crippen LogP) is 5.29. The number of hydrogen-bond acceptors (Lipinski definition) is 4. The molecule has 2 bridgehead atoms. The van der Waals surface area contributed by atoms with Crippen molar-refractivity contribution < 1.29 is 23.7 Å². The summed E-state index contributed by atoms with van der Waals surface area (Å²) >= 11 is 0. The van der Waals surface area contributed by atoms with Crippen molar-refractivity contribution in [2.24, 2.45) is 17.8 Å². The van der Waals surface area contributed by atoms with Crippen LogP contribution in [0.2, 0.25) is 0 Å². The normalized spacial score (nSPS) is 30.0. The lowest BCUT2D eigenvalue weighted by molar-refractivity contribution is -0.215. The van der Waals surface area contributed by atoms with Crippen LogP contribution in [0.25, 0.3) is 0 Å². The quantitative estimate of drug-likeness (QED) is 0.723. The fourth-order valence-corrected chi connectivity index (χ4v) is 5.00. The van der Waals surface area contributed by atoms with Gasteiger partial charge in [-0.1, -0.05) is 13.0 Å². The van der Waals surface area contributed by atoms with Crippen molar-refractivity contribution in [1.29, 1.82) is 0 Å². The Morgan fingerprint density at radius 2 is 1.87 bits per heavy atom. The number of aliphatic hydroxyl groups excluding tert-OH is 1. The Labute approximate surface area is 178 Å². The Kier molecular flexibility index (Phi) is 5.78. The molecule has 1 aliphatic carbocycles. The largest absolute Gasteiger partial charge is 0.496 e. The Morgan fingerprint density at radius 1 is 1.13 bits per heavy atom. The van der Waals surface area contributed by atoms with E-state index in [0.29, 0.717) is 18.3 Å². The summed E-state index contributed by atoms with van der Waals surface area (Å²) in [5.41, 5.74) is 1.70. The van der Waals surface area contributed by atoms with E-state index >= 15 is 0 Å². The molecule has 1 saturated carbocycles. The number of hydrogen-bond donors (Lipinski definition) is 1. The van der Waals surface area contributed by atoms with Gasteiger partial charge in [0.25, 0.3) is 0 Å². The summed E-state index contributed by atoms with van der Waals surface area (Å²) in [7, 11) is 1.64. The third-order valence-electron chi connectivity index (χ3n) is 7.01. The molecule has 4 rings (SSSR count). The van der Waals surface area contributed by atoms with E-state index in [-0.39, 0.29) is 35.5 Å². The minimum atomic E-state index is -0.293. The molecule has 0 radical (unpaired) electrons. The Balaban J connectivity index is 1.60. The van der Waals surface area contributed by atoms with Gasteiger partial charge in [0.05, 0.1) is 24.9 Å². The van der Waals surface area contributed by atoms with Gasteiger partial charge in [-0.15, -0.1) is 0 Å². The van der Waals surface area contributed by atoms with Gasteiger partial charge in [0.2, 0.25) is 0 Å². The lowest BCUT2D eigenvalue weighted by atomic mass is 9.63. The molecule has 5 atom stereocenters. The zero-order chi connectivity index (χ0) is 21.5. The molecule has 1 heterocycles. The standard InChI is InChI=1S/C25H31FO4/c1-15-21-12-18(13-22(15)27)25(2,3)30-24(21)16-5-10-23(28-4)17(11-16)14-29-20-8-6-19(26)7-9-20/h5-11,15,18,21-22,24,27H,12-14H2,1-4H3/t15-,18?,21?,22-,24-/m0/s1. The van der Waals surface area contributed by atoms with Crippen LogP contribution in [-0.4, -0.2) is 23.9 Å². The van der Waals surface area contributed by atoms with Crippen LogP contribution in [0.5, 0.6) is 11.5 Å². The third kappa shape index (κ3) is 4.06. The highest BCUT2D eigenvalue weighted by Gasteiger charge is 2.50. The van der Waals surface area contributed by atoms with Crippen LogP contribution in [0, 0.1) is 23.6 Å². The van der Waals surface area contributed by atoms with E-state index in [9.17, 15) is 9.50 Å². The number of rotatable bonds is 5. The van der Waals surface area contributed by atoms with E-state index in [1.165, 1.54) is 12.1 Å². The Morgan fingerprint density at radius 3 is 2.57 bits per heavy atom.